The van der Waals surface area contributed by atoms with Gasteiger partial charge in [-0.2, -0.15) is 5.10 Å². The van der Waals surface area contributed by atoms with Gasteiger partial charge >= 0.3 is 0 Å². The topological polar surface area (TPSA) is 37.3 Å². The van der Waals surface area contributed by atoms with Crippen LogP contribution in [0.2, 0.25) is 0 Å². The highest BCUT2D eigenvalue weighted by molar-refractivity contribution is 7.14. The molecule has 23 heavy (non-hydrogen) atoms. The van der Waals surface area contributed by atoms with E-state index in [1.54, 1.807) is 16.9 Å². The first-order valence-corrected chi connectivity index (χ1v) is 9.23. The smallest absolute Gasteiger partial charge is 0.203 e. The van der Waals surface area contributed by atoms with E-state index < -0.39 is 0 Å². The minimum absolute atomic E-state index is 0.832. The Morgan fingerprint density at radius 1 is 1.17 bits per heavy atom. The maximum absolute atomic E-state index is 4.66. The molecule has 0 bridgehead atoms. The van der Waals surface area contributed by atoms with Crippen molar-refractivity contribution in [2.75, 3.05) is 5.43 Å². The summed E-state index contributed by atoms with van der Waals surface area (Å²) in [7, 11) is 0. The van der Waals surface area contributed by atoms with Crippen LogP contribution in [0.1, 0.15) is 39.0 Å². The third-order valence-corrected chi connectivity index (χ3v) is 5.74. The first-order chi connectivity index (χ1) is 11.3. The quantitative estimate of drug-likeness (QED) is 0.758. The fraction of sp³-hybridized carbons (Fsp3) is 0.368. The monoisotopic (exact) mass is 323 g/mol. The second-order valence-corrected chi connectivity index (χ2v) is 7.21. The van der Waals surface area contributed by atoms with E-state index in [9.17, 15) is 0 Å². The molecule has 2 aliphatic rings. The Morgan fingerprint density at radius 3 is 2.91 bits per heavy atom. The van der Waals surface area contributed by atoms with Crippen LogP contribution >= 0.6 is 11.3 Å². The van der Waals surface area contributed by atoms with Crippen molar-refractivity contribution in [1.29, 1.82) is 0 Å². The predicted octanol–water partition coefficient (Wildman–Crippen LogP) is 5.49. The van der Waals surface area contributed by atoms with Crippen molar-refractivity contribution in [3.63, 3.8) is 0 Å². The number of allylic oxidation sites excluding steroid dienone is 2. The van der Waals surface area contributed by atoms with Gasteiger partial charge in [0.15, 0.2) is 0 Å². The Kier molecular flexibility index (Phi) is 4.00. The molecule has 1 saturated carbocycles. The van der Waals surface area contributed by atoms with Gasteiger partial charge in [-0.05, 0) is 50.5 Å². The number of fused-ring (bicyclic) bond motifs is 1. The summed E-state index contributed by atoms with van der Waals surface area (Å²) in [6.45, 7) is 2.24. The molecule has 1 atom stereocenters. The Morgan fingerprint density at radius 2 is 2.04 bits per heavy atom. The highest BCUT2D eigenvalue weighted by Crippen LogP contribution is 2.40. The van der Waals surface area contributed by atoms with Crippen LogP contribution < -0.4 is 5.43 Å². The highest BCUT2D eigenvalue weighted by atomic mass is 32.1. The Hall–Kier alpha value is -1.94. The lowest BCUT2D eigenvalue weighted by atomic mass is 9.84. The summed E-state index contributed by atoms with van der Waals surface area (Å²) in [5.74, 6) is 0.832. The van der Waals surface area contributed by atoms with E-state index in [1.165, 1.54) is 37.0 Å². The fourth-order valence-corrected chi connectivity index (χ4v) is 4.40. The highest BCUT2D eigenvalue weighted by Gasteiger charge is 2.28. The molecule has 1 heterocycles. The zero-order chi connectivity index (χ0) is 15.6. The van der Waals surface area contributed by atoms with Gasteiger partial charge in [-0.1, -0.05) is 35.9 Å². The van der Waals surface area contributed by atoms with Crippen LogP contribution in [0.4, 0.5) is 5.13 Å². The summed E-state index contributed by atoms with van der Waals surface area (Å²) in [6.07, 6.45) is 6.35. The molecule has 1 N–H and O–H groups in total. The largest absolute Gasteiger partial charge is 0.252 e. The number of nitrogens with one attached hydrogen (secondary N) is 1. The number of aromatic nitrogens is 1. The van der Waals surface area contributed by atoms with E-state index in [1.807, 2.05) is 18.2 Å². The van der Waals surface area contributed by atoms with Crippen molar-refractivity contribution in [2.45, 2.75) is 39.0 Å². The first kappa shape index (κ1) is 14.6. The van der Waals surface area contributed by atoms with Gasteiger partial charge in [0.05, 0.1) is 11.4 Å². The molecule has 0 aliphatic heterocycles. The molecular weight excluding hydrogens is 302 g/mol. The molecular formula is C19H21N3S. The normalized spacial score (nSPS) is 22.5. The lowest BCUT2D eigenvalue weighted by Gasteiger charge is -2.22. The van der Waals surface area contributed by atoms with Crippen molar-refractivity contribution >= 4 is 22.2 Å². The lowest BCUT2D eigenvalue weighted by molar-refractivity contribution is 0.574. The van der Waals surface area contributed by atoms with Crippen LogP contribution in [0.3, 0.4) is 0 Å². The van der Waals surface area contributed by atoms with E-state index in [2.05, 4.69) is 39.9 Å². The van der Waals surface area contributed by atoms with Gasteiger partial charge in [0.25, 0.3) is 0 Å². The maximum atomic E-state index is 4.66. The average molecular weight is 323 g/mol. The molecule has 1 aromatic heterocycles. The zero-order valence-corrected chi connectivity index (χ0v) is 14.2. The van der Waals surface area contributed by atoms with E-state index in [0.29, 0.717) is 0 Å². The van der Waals surface area contributed by atoms with E-state index >= 15 is 0 Å². The molecule has 0 radical (unpaired) electrons. The van der Waals surface area contributed by atoms with E-state index in [0.717, 1.165) is 28.7 Å². The van der Waals surface area contributed by atoms with Crippen LogP contribution in [0.5, 0.6) is 0 Å². The fourth-order valence-electron chi connectivity index (χ4n) is 3.73. The number of benzene rings is 1. The number of anilines is 1. The zero-order valence-electron chi connectivity index (χ0n) is 13.4. The molecule has 1 fully saturated rings. The minimum atomic E-state index is 0.832. The SMILES string of the molecule is CC1=C2CCCC2CC/C1=N/Nc1nc(-c2ccccc2)cs1. The van der Waals surface area contributed by atoms with Crippen LogP contribution in [-0.4, -0.2) is 10.7 Å². The van der Waals surface area contributed by atoms with Crippen molar-refractivity contribution in [3.8, 4) is 11.3 Å². The molecule has 2 aliphatic carbocycles. The Labute approximate surface area is 141 Å². The number of hydrogen-bond acceptors (Lipinski definition) is 4. The average Bonchev–Trinajstić information content (AvgIpc) is 3.25. The van der Waals surface area contributed by atoms with Crippen LogP contribution in [-0.2, 0) is 0 Å². The predicted molar refractivity (Wildman–Crippen MR) is 97.9 cm³/mol. The minimum Gasteiger partial charge on any atom is -0.252 e. The van der Waals surface area contributed by atoms with Crippen LogP contribution in [0.25, 0.3) is 11.3 Å². The molecule has 4 heteroatoms. The molecule has 4 rings (SSSR count). The summed E-state index contributed by atoms with van der Waals surface area (Å²) in [6, 6.07) is 10.3. The van der Waals surface area contributed by atoms with Gasteiger partial charge < -0.3 is 0 Å². The van der Waals surface area contributed by atoms with Gasteiger partial charge in [-0.3, -0.25) is 5.43 Å². The molecule has 2 aromatic rings. The van der Waals surface area contributed by atoms with E-state index in [4.69, 9.17) is 0 Å². The molecule has 0 saturated heterocycles. The molecule has 1 aromatic carbocycles. The molecule has 3 nitrogen and oxygen atoms in total. The summed E-state index contributed by atoms with van der Waals surface area (Å²) in [5.41, 5.74) is 9.62. The summed E-state index contributed by atoms with van der Waals surface area (Å²) < 4.78 is 0. The van der Waals surface area contributed by atoms with Crippen molar-refractivity contribution in [1.82, 2.24) is 4.98 Å². The maximum Gasteiger partial charge on any atom is 0.203 e. The summed E-state index contributed by atoms with van der Waals surface area (Å²) in [4.78, 5) is 4.64. The van der Waals surface area contributed by atoms with Gasteiger partial charge in [-0.15, -0.1) is 11.3 Å². The number of thiazole rings is 1. The number of rotatable bonds is 3. The Balaban J connectivity index is 1.51. The van der Waals surface area contributed by atoms with Gasteiger partial charge in [0, 0.05) is 10.9 Å². The second kappa shape index (κ2) is 6.28. The van der Waals surface area contributed by atoms with Gasteiger partial charge in [-0.25, -0.2) is 4.98 Å². The summed E-state index contributed by atoms with van der Waals surface area (Å²) >= 11 is 1.61. The number of hydrazone groups is 1. The second-order valence-electron chi connectivity index (χ2n) is 6.35. The standard InChI is InChI=1S/C19H21N3S/c1-13-16-9-5-8-14(16)10-11-17(13)21-22-19-20-18(12-23-19)15-6-3-2-4-7-15/h2-4,6-7,12,14H,5,8-11H2,1H3,(H,20,22)/b21-17-. The van der Waals surface area contributed by atoms with Gasteiger partial charge in [0.1, 0.15) is 0 Å². The summed E-state index contributed by atoms with van der Waals surface area (Å²) in [5, 5.41) is 7.60. The van der Waals surface area contributed by atoms with E-state index in [-0.39, 0.29) is 0 Å². The third-order valence-electron chi connectivity index (χ3n) is 5.00. The van der Waals surface area contributed by atoms with Crippen molar-refractivity contribution in [3.05, 3.63) is 46.9 Å². The molecule has 118 valence electrons. The molecule has 0 spiro atoms. The van der Waals surface area contributed by atoms with Crippen molar-refractivity contribution in [2.24, 2.45) is 11.0 Å². The molecule has 1 unspecified atom stereocenters. The Bertz CT molecular complexity index is 758. The van der Waals surface area contributed by atoms with Gasteiger partial charge in [0.2, 0.25) is 5.13 Å². The number of nitrogens with zero attached hydrogens (tertiary/aromatic N) is 2. The lowest BCUT2D eigenvalue weighted by Crippen LogP contribution is -2.16. The first-order valence-electron chi connectivity index (χ1n) is 8.35. The number of hydrogen-bond donors (Lipinski definition) is 1. The van der Waals surface area contributed by atoms with Crippen LogP contribution in [0, 0.1) is 5.92 Å². The molecule has 0 amide bonds. The third kappa shape index (κ3) is 2.95. The van der Waals surface area contributed by atoms with Crippen LogP contribution in [0.15, 0.2) is 52.0 Å². The van der Waals surface area contributed by atoms with Crippen molar-refractivity contribution < 1.29 is 0 Å².